The van der Waals surface area contributed by atoms with Crippen LogP contribution in [0.4, 0.5) is 0 Å². The largest absolute Gasteiger partial charge is 0.497 e. The van der Waals surface area contributed by atoms with Crippen molar-refractivity contribution in [3.05, 3.63) is 65.7 Å². The molecule has 0 saturated heterocycles. The maximum absolute atomic E-state index is 5.63. The molecule has 3 rings (SSSR count). The molecule has 1 aliphatic rings. The summed E-state index contributed by atoms with van der Waals surface area (Å²) in [6.45, 7) is 2.15. The Morgan fingerprint density at radius 1 is 1.00 bits per heavy atom. The highest BCUT2D eigenvalue weighted by molar-refractivity contribution is 6.03. The maximum Gasteiger partial charge on any atom is 0.160 e. The Kier molecular flexibility index (Phi) is 3.42. The van der Waals surface area contributed by atoms with E-state index in [1.54, 1.807) is 7.11 Å². The number of ether oxygens (including phenoxy) is 1. The predicted octanol–water partition coefficient (Wildman–Crippen LogP) is 3.81. The summed E-state index contributed by atoms with van der Waals surface area (Å²) in [6, 6.07) is 18.1. The van der Waals surface area contributed by atoms with Gasteiger partial charge in [0.15, 0.2) is 6.10 Å². The molecule has 0 N–H and O–H groups in total. The van der Waals surface area contributed by atoms with Crippen molar-refractivity contribution < 1.29 is 9.57 Å². The van der Waals surface area contributed by atoms with Crippen molar-refractivity contribution in [2.24, 2.45) is 11.1 Å². The van der Waals surface area contributed by atoms with Crippen molar-refractivity contribution in [2.75, 3.05) is 7.11 Å². The van der Waals surface area contributed by atoms with E-state index in [9.17, 15) is 0 Å². The van der Waals surface area contributed by atoms with Gasteiger partial charge in [-0.2, -0.15) is 0 Å². The van der Waals surface area contributed by atoms with Gasteiger partial charge < -0.3 is 9.57 Å². The first-order chi connectivity index (χ1) is 9.79. The highest BCUT2D eigenvalue weighted by Gasteiger charge is 2.32. The lowest BCUT2D eigenvalue weighted by Crippen LogP contribution is -2.14. The summed E-state index contributed by atoms with van der Waals surface area (Å²) < 4.78 is 5.18. The zero-order valence-electron chi connectivity index (χ0n) is 11.6. The lowest BCUT2D eigenvalue weighted by atomic mass is 9.90. The quantitative estimate of drug-likeness (QED) is 0.846. The lowest BCUT2D eigenvalue weighted by molar-refractivity contribution is 0.0653. The van der Waals surface area contributed by atoms with E-state index in [1.807, 2.05) is 42.5 Å². The van der Waals surface area contributed by atoms with Gasteiger partial charge in [0.1, 0.15) is 5.75 Å². The molecule has 1 heterocycles. The van der Waals surface area contributed by atoms with Gasteiger partial charge >= 0.3 is 0 Å². The van der Waals surface area contributed by atoms with Crippen LogP contribution in [-0.4, -0.2) is 12.8 Å². The van der Waals surface area contributed by atoms with E-state index in [0.717, 1.165) is 22.6 Å². The van der Waals surface area contributed by atoms with E-state index in [1.165, 1.54) is 0 Å². The summed E-state index contributed by atoms with van der Waals surface area (Å²) in [6.07, 6.45) is -0.00620. The summed E-state index contributed by atoms with van der Waals surface area (Å²) in [5.41, 5.74) is 3.23. The second kappa shape index (κ2) is 5.37. The van der Waals surface area contributed by atoms with Gasteiger partial charge in [-0.1, -0.05) is 42.4 Å². The van der Waals surface area contributed by atoms with Gasteiger partial charge in [0.25, 0.3) is 0 Å². The maximum atomic E-state index is 5.63. The summed E-state index contributed by atoms with van der Waals surface area (Å²) in [4.78, 5) is 5.63. The third-order valence-electron chi connectivity index (χ3n) is 3.66. The van der Waals surface area contributed by atoms with Gasteiger partial charge in [-0.05, 0) is 35.4 Å². The Hall–Kier alpha value is -2.29. The first-order valence-corrected chi connectivity index (χ1v) is 6.72. The van der Waals surface area contributed by atoms with E-state index in [-0.39, 0.29) is 12.0 Å². The number of hydrogen-bond donors (Lipinski definition) is 0. The molecule has 0 amide bonds. The molecular weight excluding hydrogens is 250 g/mol. The van der Waals surface area contributed by atoms with Crippen LogP contribution in [0.5, 0.6) is 5.75 Å². The molecule has 0 radical (unpaired) electrons. The third kappa shape index (κ3) is 2.27. The van der Waals surface area contributed by atoms with Gasteiger partial charge in [-0.3, -0.25) is 0 Å². The van der Waals surface area contributed by atoms with Crippen LogP contribution in [-0.2, 0) is 4.84 Å². The zero-order chi connectivity index (χ0) is 13.9. The van der Waals surface area contributed by atoms with Gasteiger partial charge in [-0.25, -0.2) is 0 Å². The highest BCUT2D eigenvalue weighted by atomic mass is 16.6. The Morgan fingerprint density at radius 2 is 1.70 bits per heavy atom. The van der Waals surface area contributed by atoms with Crippen LogP contribution in [0.15, 0.2) is 59.8 Å². The van der Waals surface area contributed by atoms with Crippen molar-refractivity contribution in [1.29, 1.82) is 0 Å². The molecule has 2 atom stereocenters. The van der Waals surface area contributed by atoms with Crippen molar-refractivity contribution in [3.63, 3.8) is 0 Å². The van der Waals surface area contributed by atoms with Crippen LogP contribution in [0.1, 0.15) is 24.2 Å². The Labute approximate surface area is 118 Å². The average Bonchev–Trinajstić information content (AvgIpc) is 2.90. The predicted molar refractivity (Wildman–Crippen MR) is 79.0 cm³/mol. The Bertz CT molecular complexity index is 605. The molecule has 0 aromatic heterocycles. The molecule has 0 aliphatic carbocycles. The molecule has 0 saturated carbocycles. The molecule has 2 aromatic rings. The van der Waals surface area contributed by atoms with Gasteiger partial charge in [-0.15, -0.1) is 0 Å². The number of oxime groups is 1. The van der Waals surface area contributed by atoms with Gasteiger partial charge in [0.2, 0.25) is 0 Å². The molecule has 102 valence electrons. The van der Waals surface area contributed by atoms with E-state index < -0.39 is 0 Å². The lowest BCUT2D eigenvalue weighted by Gasteiger charge is -2.14. The first-order valence-electron chi connectivity index (χ1n) is 6.72. The first kappa shape index (κ1) is 12.7. The SMILES string of the molecule is COc1ccc(C2=NO[C@@H](c3ccccc3)[C@@H]2C)cc1. The molecule has 0 spiro atoms. The minimum absolute atomic E-state index is 0.00620. The molecule has 3 heteroatoms. The van der Waals surface area contributed by atoms with Crippen LogP contribution < -0.4 is 4.74 Å². The van der Waals surface area contributed by atoms with E-state index in [4.69, 9.17) is 9.57 Å². The zero-order valence-corrected chi connectivity index (χ0v) is 11.6. The number of benzene rings is 2. The van der Waals surface area contributed by atoms with Crippen molar-refractivity contribution in [3.8, 4) is 5.75 Å². The van der Waals surface area contributed by atoms with Crippen molar-refractivity contribution in [2.45, 2.75) is 13.0 Å². The fraction of sp³-hybridized carbons (Fsp3) is 0.235. The molecule has 0 unspecified atom stereocenters. The minimum Gasteiger partial charge on any atom is -0.497 e. The van der Waals surface area contributed by atoms with Gasteiger partial charge in [0.05, 0.1) is 12.8 Å². The van der Waals surface area contributed by atoms with Crippen LogP contribution in [0.2, 0.25) is 0 Å². The molecule has 1 aliphatic heterocycles. The second-order valence-corrected chi connectivity index (χ2v) is 4.93. The summed E-state index contributed by atoms with van der Waals surface area (Å²) in [5, 5.41) is 4.28. The second-order valence-electron chi connectivity index (χ2n) is 4.93. The number of hydrogen-bond acceptors (Lipinski definition) is 3. The van der Waals surface area contributed by atoms with E-state index >= 15 is 0 Å². The number of rotatable bonds is 3. The highest BCUT2D eigenvalue weighted by Crippen LogP contribution is 2.34. The Morgan fingerprint density at radius 3 is 2.35 bits per heavy atom. The molecular formula is C17H17NO2. The van der Waals surface area contributed by atoms with Crippen molar-refractivity contribution >= 4 is 5.71 Å². The van der Waals surface area contributed by atoms with E-state index in [0.29, 0.717) is 0 Å². The topological polar surface area (TPSA) is 30.8 Å². The van der Waals surface area contributed by atoms with Gasteiger partial charge in [0, 0.05) is 5.92 Å². The molecule has 3 nitrogen and oxygen atoms in total. The van der Waals surface area contributed by atoms with E-state index in [2.05, 4.69) is 24.2 Å². The fourth-order valence-electron chi connectivity index (χ4n) is 2.50. The van der Waals surface area contributed by atoms with Crippen molar-refractivity contribution in [1.82, 2.24) is 0 Å². The fourth-order valence-corrected chi connectivity index (χ4v) is 2.50. The molecule has 0 bridgehead atoms. The third-order valence-corrected chi connectivity index (χ3v) is 3.66. The number of methoxy groups -OCH3 is 1. The summed E-state index contributed by atoms with van der Waals surface area (Å²) in [7, 11) is 1.67. The minimum atomic E-state index is -0.00620. The van der Waals surface area contributed by atoms with Crippen LogP contribution in [0.25, 0.3) is 0 Å². The van der Waals surface area contributed by atoms with Crippen LogP contribution >= 0.6 is 0 Å². The van der Waals surface area contributed by atoms with Crippen LogP contribution in [0.3, 0.4) is 0 Å². The molecule has 0 fully saturated rings. The molecule has 2 aromatic carbocycles. The standard InChI is InChI=1S/C17H17NO2/c1-12-16(13-8-10-15(19-2)11-9-13)18-20-17(12)14-6-4-3-5-7-14/h3-12,17H,1-2H3/t12-,17-/m1/s1. The number of nitrogens with zero attached hydrogens (tertiary/aromatic N) is 1. The van der Waals surface area contributed by atoms with Crippen LogP contribution in [0, 0.1) is 5.92 Å². The molecule has 20 heavy (non-hydrogen) atoms. The monoisotopic (exact) mass is 267 g/mol. The summed E-state index contributed by atoms with van der Waals surface area (Å²) >= 11 is 0. The normalized spacial score (nSPS) is 21.2. The average molecular weight is 267 g/mol. The Balaban J connectivity index is 1.82. The smallest absolute Gasteiger partial charge is 0.160 e. The summed E-state index contributed by atoms with van der Waals surface area (Å²) in [5.74, 6) is 1.08.